The third kappa shape index (κ3) is 7.67. The van der Waals surface area contributed by atoms with Crippen molar-refractivity contribution in [3.63, 3.8) is 0 Å². The van der Waals surface area contributed by atoms with E-state index < -0.39 is 18.0 Å². The number of halogens is 1. The Balaban J connectivity index is 1.66. The van der Waals surface area contributed by atoms with Crippen LogP contribution in [0.15, 0.2) is 53.0 Å². The number of carbonyl (C=O) groups excluding carboxylic acids is 2. The summed E-state index contributed by atoms with van der Waals surface area (Å²) in [5, 5.41) is 14.7. The zero-order valence-electron chi connectivity index (χ0n) is 19.4. The Hall–Kier alpha value is -2.71. The Bertz CT molecular complexity index is 996. The number of anilines is 1. The molecule has 0 radical (unpaired) electrons. The Labute approximate surface area is 209 Å². The van der Waals surface area contributed by atoms with Crippen LogP contribution in [-0.2, 0) is 16.0 Å². The van der Waals surface area contributed by atoms with Crippen molar-refractivity contribution in [2.24, 2.45) is 0 Å². The lowest BCUT2D eigenvalue weighted by atomic mass is 9.86. The summed E-state index contributed by atoms with van der Waals surface area (Å²) in [4.78, 5) is 38.2. The highest BCUT2D eigenvalue weighted by molar-refractivity contribution is 9.10. The van der Waals surface area contributed by atoms with Crippen molar-refractivity contribution >= 4 is 39.4 Å². The molecule has 0 saturated carbocycles. The summed E-state index contributed by atoms with van der Waals surface area (Å²) in [6.45, 7) is 2.69. The molecule has 2 atom stereocenters. The largest absolute Gasteiger partial charge is 0.481 e. The van der Waals surface area contributed by atoms with Gasteiger partial charge in [0, 0.05) is 29.2 Å². The van der Waals surface area contributed by atoms with Gasteiger partial charge in [0.15, 0.2) is 5.78 Å². The van der Waals surface area contributed by atoms with Crippen LogP contribution < -0.4 is 10.6 Å². The van der Waals surface area contributed by atoms with Gasteiger partial charge in [-0.1, -0.05) is 40.2 Å². The van der Waals surface area contributed by atoms with Gasteiger partial charge < -0.3 is 15.7 Å². The molecule has 2 amide bonds. The Morgan fingerprint density at radius 3 is 2.56 bits per heavy atom. The zero-order valence-corrected chi connectivity index (χ0v) is 21.0. The van der Waals surface area contributed by atoms with Gasteiger partial charge in [0.25, 0.3) is 0 Å². The summed E-state index contributed by atoms with van der Waals surface area (Å²) >= 11 is 3.36. The zero-order chi connectivity index (χ0) is 24.5. The first kappa shape index (κ1) is 25.9. The molecule has 0 spiro atoms. The monoisotopic (exact) mass is 529 g/mol. The van der Waals surface area contributed by atoms with E-state index in [1.807, 2.05) is 18.2 Å². The van der Waals surface area contributed by atoms with Crippen molar-refractivity contribution in [3.05, 3.63) is 64.1 Å². The van der Waals surface area contributed by atoms with Crippen molar-refractivity contribution < 1.29 is 19.5 Å². The third-order valence-corrected chi connectivity index (χ3v) is 6.75. The van der Waals surface area contributed by atoms with Crippen molar-refractivity contribution in [2.45, 2.75) is 57.5 Å². The average molecular weight is 530 g/mol. The number of carboxylic acid groups (broad SMARTS) is 1. The van der Waals surface area contributed by atoms with E-state index in [-0.39, 0.29) is 18.2 Å². The number of carbonyl (C=O) groups is 3. The molecule has 2 aromatic rings. The molecule has 3 rings (SSSR count). The predicted octanol–water partition coefficient (Wildman–Crippen LogP) is 5.16. The molecule has 1 aliphatic carbocycles. The second-order valence-electron chi connectivity index (χ2n) is 8.70. The molecule has 1 aliphatic rings. The highest BCUT2D eigenvalue weighted by Gasteiger charge is 2.27. The first-order valence-electron chi connectivity index (χ1n) is 11.7. The number of rotatable bonds is 11. The molecular weight excluding hydrogens is 498 g/mol. The third-order valence-electron chi connectivity index (χ3n) is 6.22. The van der Waals surface area contributed by atoms with E-state index in [2.05, 4.69) is 49.7 Å². The van der Waals surface area contributed by atoms with Gasteiger partial charge in [-0.25, -0.2) is 4.79 Å². The molecule has 8 heteroatoms. The summed E-state index contributed by atoms with van der Waals surface area (Å²) < 4.78 is 0.910. The number of aryl methyl sites for hydroxylation is 1. The van der Waals surface area contributed by atoms with Gasteiger partial charge in [0.05, 0.1) is 6.04 Å². The Morgan fingerprint density at radius 1 is 1.12 bits per heavy atom. The van der Waals surface area contributed by atoms with Crippen LogP contribution in [0.1, 0.15) is 56.2 Å². The first-order valence-corrected chi connectivity index (χ1v) is 12.5. The number of carboxylic acids is 1. The molecule has 0 bridgehead atoms. The van der Waals surface area contributed by atoms with Gasteiger partial charge in [0.1, 0.15) is 0 Å². The number of amides is 2. The number of Topliss-reactive ketones (excluding diaryl/α,β-unsaturated/α-hetero) is 1. The van der Waals surface area contributed by atoms with Gasteiger partial charge in [-0.2, -0.15) is 0 Å². The lowest BCUT2D eigenvalue weighted by Gasteiger charge is -2.36. The van der Waals surface area contributed by atoms with E-state index in [9.17, 15) is 14.4 Å². The summed E-state index contributed by atoms with van der Waals surface area (Å²) in [5.74, 6) is -0.919. The number of fused-ring (bicyclic) bond motifs is 1. The van der Waals surface area contributed by atoms with E-state index in [0.717, 1.165) is 23.7 Å². The second kappa shape index (κ2) is 12.7. The van der Waals surface area contributed by atoms with Gasteiger partial charge in [-0.05, 0) is 81.0 Å². The van der Waals surface area contributed by atoms with Gasteiger partial charge >= 0.3 is 12.0 Å². The van der Waals surface area contributed by atoms with Crippen LogP contribution in [-0.4, -0.2) is 46.9 Å². The second-order valence-corrected chi connectivity index (χ2v) is 9.61. The number of benzene rings is 2. The molecule has 2 aromatic carbocycles. The Kier molecular flexibility index (Phi) is 9.65. The first-order chi connectivity index (χ1) is 16.3. The fourth-order valence-electron chi connectivity index (χ4n) is 4.50. The van der Waals surface area contributed by atoms with E-state index in [0.29, 0.717) is 31.6 Å². The predicted molar refractivity (Wildman–Crippen MR) is 136 cm³/mol. The van der Waals surface area contributed by atoms with Crippen LogP contribution in [0.4, 0.5) is 10.5 Å². The summed E-state index contributed by atoms with van der Waals surface area (Å²) in [6.07, 6.45) is 4.21. The van der Waals surface area contributed by atoms with Crippen molar-refractivity contribution in [1.29, 1.82) is 0 Å². The number of ketones is 1. The minimum absolute atomic E-state index is 0.106. The smallest absolute Gasteiger partial charge is 0.319 e. The number of aliphatic carboxylic acids is 1. The Morgan fingerprint density at radius 2 is 1.85 bits per heavy atom. The average Bonchev–Trinajstić information content (AvgIpc) is 2.81. The van der Waals surface area contributed by atoms with Crippen LogP contribution in [0, 0.1) is 0 Å². The molecule has 0 aromatic heterocycles. The lowest BCUT2D eigenvalue weighted by molar-refractivity contribution is -0.137. The highest BCUT2D eigenvalue weighted by atomic mass is 79.9. The van der Waals surface area contributed by atoms with E-state index in [1.165, 1.54) is 18.1 Å². The van der Waals surface area contributed by atoms with E-state index in [4.69, 9.17) is 5.11 Å². The van der Waals surface area contributed by atoms with Crippen molar-refractivity contribution in [1.82, 2.24) is 10.2 Å². The molecule has 1 unspecified atom stereocenters. The van der Waals surface area contributed by atoms with Crippen molar-refractivity contribution in [2.75, 3.05) is 18.4 Å². The fraction of sp³-hybridized carbons (Fsp3) is 0.423. The molecule has 0 aliphatic heterocycles. The lowest BCUT2D eigenvalue weighted by Crippen LogP contribution is -2.44. The van der Waals surface area contributed by atoms with Crippen LogP contribution in [0.2, 0.25) is 0 Å². The topological polar surface area (TPSA) is 98.7 Å². The van der Waals surface area contributed by atoms with E-state index >= 15 is 0 Å². The van der Waals surface area contributed by atoms with Crippen LogP contribution >= 0.6 is 15.9 Å². The van der Waals surface area contributed by atoms with Crippen LogP contribution in [0.25, 0.3) is 0 Å². The summed E-state index contributed by atoms with van der Waals surface area (Å²) in [5.41, 5.74) is 3.25. The standard InChI is InChI=1S/C26H32BrN3O4/c1-18(31)23(29-26(34)28-21-13-11-20(27)12-14-21)15-17-30(16-5-10-25(32)33)24-9-4-7-19-6-2-3-8-22(19)24/h2-3,6,8,11-14,23-24H,4-5,7,9-10,15-17H2,1H3,(H,32,33)(H2,28,29,34)/t23-,24?/m0/s1. The van der Waals surface area contributed by atoms with Crippen LogP contribution in [0.3, 0.4) is 0 Å². The molecule has 0 saturated heterocycles. The summed E-state index contributed by atoms with van der Waals surface area (Å²) in [6, 6.07) is 14.7. The molecule has 3 N–H and O–H groups in total. The normalized spacial score (nSPS) is 15.9. The van der Waals surface area contributed by atoms with Gasteiger partial charge in [-0.15, -0.1) is 0 Å². The number of hydrogen-bond donors (Lipinski definition) is 3. The SMILES string of the molecule is CC(=O)[C@H](CCN(CCCC(=O)O)C1CCCc2ccccc21)NC(=O)Nc1ccc(Br)cc1. The minimum Gasteiger partial charge on any atom is -0.481 e. The van der Waals surface area contributed by atoms with Crippen molar-refractivity contribution in [3.8, 4) is 0 Å². The van der Waals surface area contributed by atoms with Crippen LogP contribution in [0.5, 0.6) is 0 Å². The number of nitrogens with zero attached hydrogens (tertiary/aromatic N) is 1. The van der Waals surface area contributed by atoms with Gasteiger partial charge in [-0.3, -0.25) is 14.5 Å². The molecule has 34 heavy (non-hydrogen) atoms. The quantitative estimate of drug-likeness (QED) is 0.373. The summed E-state index contributed by atoms with van der Waals surface area (Å²) in [7, 11) is 0. The molecular formula is C26H32BrN3O4. The molecule has 182 valence electrons. The number of urea groups is 1. The highest BCUT2D eigenvalue weighted by Crippen LogP contribution is 2.34. The number of hydrogen-bond acceptors (Lipinski definition) is 4. The van der Waals surface area contributed by atoms with E-state index in [1.54, 1.807) is 12.1 Å². The maximum atomic E-state index is 12.5. The maximum Gasteiger partial charge on any atom is 0.319 e. The maximum absolute atomic E-state index is 12.5. The molecule has 7 nitrogen and oxygen atoms in total. The fourth-order valence-corrected chi connectivity index (χ4v) is 4.76. The van der Waals surface area contributed by atoms with Gasteiger partial charge in [0.2, 0.25) is 0 Å². The molecule has 0 heterocycles. The number of nitrogens with one attached hydrogen (secondary N) is 2. The minimum atomic E-state index is -0.808. The molecule has 0 fully saturated rings.